The van der Waals surface area contributed by atoms with Gasteiger partial charge in [-0.2, -0.15) is 5.10 Å². The number of amides is 1. The van der Waals surface area contributed by atoms with Gasteiger partial charge in [0.05, 0.1) is 17.3 Å². The molecule has 0 spiro atoms. The summed E-state index contributed by atoms with van der Waals surface area (Å²) < 4.78 is 1.88. The molecule has 106 valence electrons. The highest BCUT2D eigenvalue weighted by Gasteiger charge is 2.23. The molecule has 0 atom stereocenters. The second-order valence-electron chi connectivity index (χ2n) is 5.54. The monoisotopic (exact) mass is 280 g/mol. The fourth-order valence-electron chi connectivity index (χ4n) is 2.59. The SMILES string of the molecule is O=C(Nc1ccnn1CC1CC1)c1cccc2cc[nH]c12. The van der Waals surface area contributed by atoms with Crippen LogP contribution in [0.3, 0.4) is 0 Å². The first-order chi connectivity index (χ1) is 10.3. The van der Waals surface area contributed by atoms with Gasteiger partial charge in [0.25, 0.3) is 5.91 Å². The molecule has 21 heavy (non-hydrogen) atoms. The fraction of sp³-hybridized carbons (Fsp3) is 0.250. The highest BCUT2D eigenvalue weighted by Crippen LogP contribution is 2.31. The summed E-state index contributed by atoms with van der Waals surface area (Å²) in [6.07, 6.45) is 6.09. The van der Waals surface area contributed by atoms with Crippen LogP contribution in [0.25, 0.3) is 10.9 Å². The van der Waals surface area contributed by atoms with Gasteiger partial charge in [-0.1, -0.05) is 12.1 Å². The van der Waals surface area contributed by atoms with Gasteiger partial charge >= 0.3 is 0 Å². The number of hydrogen-bond donors (Lipinski definition) is 2. The van der Waals surface area contributed by atoms with Crippen LogP contribution in [0.4, 0.5) is 5.82 Å². The Balaban J connectivity index is 1.60. The van der Waals surface area contributed by atoms with E-state index in [4.69, 9.17) is 0 Å². The van der Waals surface area contributed by atoms with Crippen LogP contribution in [0.2, 0.25) is 0 Å². The quantitative estimate of drug-likeness (QED) is 0.771. The van der Waals surface area contributed by atoms with Crippen LogP contribution in [-0.2, 0) is 6.54 Å². The second-order valence-corrected chi connectivity index (χ2v) is 5.54. The van der Waals surface area contributed by atoms with Crippen molar-refractivity contribution < 1.29 is 4.79 Å². The third kappa shape index (κ3) is 2.31. The number of carbonyl (C=O) groups excluding carboxylic acids is 1. The van der Waals surface area contributed by atoms with Gasteiger partial charge in [0.2, 0.25) is 0 Å². The molecule has 0 unspecified atom stereocenters. The van der Waals surface area contributed by atoms with Gasteiger partial charge in [-0.25, -0.2) is 4.68 Å². The number of H-pyrrole nitrogens is 1. The van der Waals surface area contributed by atoms with Crippen molar-refractivity contribution >= 4 is 22.6 Å². The molecule has 2 N–H and O–H groups in total. The van der Waals surface area contributed by atoms with Gasteiger partial charge in [0.1, 0.15) is 5.82 Å². The zero-order valence-electron chi connectivity index (χ0n) is 11.5. The molecule has 0 aliphatic heterocycles. The van der Waals surface area contributed by atoms with Crippen LogP contribution in [0, 0.1) is 5.92 Å². The van der Waals surface area contributed by atoms with E-state index in [1.807, 2.05) is 41.2 Å². The predicted molar refractivity (Wildman–Crippen MR) is 81.2 cm³/mol. The normalized spacial score (nSPS) is 14.5. The lowest BCUT2D eigenvalue weighted by Gasteiger charge is -2.09. The molecule has 1 saturated carbocycles. The molecule has 5 heteroatoms. The number of hydrogen-bond acceptors (Lipinski definition) is 2. The third-order valence-corrected chi connectivity index (χ3v) is 3.92. The van der Waals surface area contributed by atoms with Crippen LogP contribution in [0.1, 0.15) is 23.2 Å². The molecule has 4 rings (SSSR count). The third-order valence-electron chi connectivity index (χ3n) is 3.92. The van der Waals surface area contributed by atoms with Gasteiger partial charge in [-0.05, 0) is 30.9 Å². The minimum atomic E-state index is -0.111. The van der Waals surface area contributed by atoms with Gasteiger partial charge < -0.3 is 10.3 Å². The molecule has 3 aromatic rings. The Hall–Kier alpha value is -2.56. The lowest BCUT2D eigenvalue weighted by atomic mass is 10.1. The van der Waals surface area contributed by atoms with E-state index in [0.717, 1.165) is 23.3 Å². The number of para-hydroxylation sites is 1. The van der Waals surface area contributed by atoms with Crippen LogP contribution >= 0.6 is 0 Å². The topological polar surface area (TPSA) is 62.7 Å². The summed E-state index contributed by atoms with van der Waals surface area (Å²) in [7, 11) is 0. The lowest BCUT2D eigenvalue weighted by molar-refractivity contribution is 0.102. The zero-order valence-corrected chi connectivity index (χ0v) is 11.5. The number of carbonyl (C=O) groups is 1. The lowest BCUT2D eigenvalue weighted by Crippen LogP contribution is -2.16. The summed E-state index contributed by atoms with van der Waals surface area (Å²) >= 11 is 0. The number of aromatic nitrogens is 3. The minimum Gasteiger partial charge on any atom is -0.361 e. The molecule has 1 aromatic carbocycles. The molecule has 0 radical (unpaired) electrons. The fourth-order valence-corrected chi connectivity index (χ4v) is 2.59. The molecule has 1 aliphatic carbocycles. The number of nitrogens with one attached hydrogen (secondary N) is 2. The Kier molecular flexibility index (Phi) is 2.77. The van der Waals surface area contributed by atoms with E-state index >= 15 is 0 Å². The van der Waals surface area contributed by atoms with Crippen molar-refractivity contribution in [2.24, 2.45) is 5.92 Å². The number of nitrogens with zero attached hydrogens (tertiary/aromatic N) is 2. The van der Waals surface area contributed by atoms with Gasteiger partial charge in [-0.3, -0.25) is 4.79 Å². The standard InChI is InChI=1S/C16H16N4O/c21-16(13-3-1-2-12-6-8-17-15(12)13)19-14-7-9-18-20(14)10-11-4-5-11/h1-3,6-9,11,17H,4-5,10H2,(H,19,21). The summed E-state index contributed by atoms with van der Waals surface area (Å²) in [6, 6.07) is 9.51. The molecule has 5 nitrogen and oxygen atoms in total. The zero-order chi connectivity index (χ0) is 14.2. The van der Waals surface area contributed by atoms with Gasteiger partial charge in [-0.15, -0.1) is 0 Å². The van der Waals surface area contributed by atoms with Crippen LogP contribution in [0.5, 0.6) is 0 Å². The van der Waals surface area contributed by atoms with E-state index < -0.39 is 0 Å². The molecule has 0 saturated heterocycles. The molecule has 2 heterocycles. The van der Waals surface area contributed by atoms with Crippen molar-refractivity contribution in [2.45, 2.75) is 19.4 Å². The number of benzene rings is 1. The summed E-state index contributed by atoms with van der Waals surface area (Å²) in [4.78, 5) is 15.6. The molecular formula is C16H16N4O. The van der Waals surface area contributed by atoms with Crippen LogP contribution < -0.4 is 5.32 Å². The van der Waals surface area contributed by atoms with Crippen LogP contribution in [-0.4, -0.2) is 20.7 Å². The maximum absolute atomic E-state index is 12.5. The number of anilines is 1. The minimum absolute atomic E-state index is 0.111. The largest absolute Gasteiger partial charge is 0.361 e. The van der Waals surface area contributed by atoms with E-state index in [2.05, 4.69) is 15.4 Å². The van der Waals surface area contributed by atoms with Crippen molar-refractivity contribution in [1.82, 2.24) is 14.8 Å². The maximum Gasteiger partial charge on any atom is 0.258 e. The molecule has 1 amide bonds. The van der Waals surface area contributed by atoms with Gasteiger partial charge in [0.15, 0.2) is 0 Å². The number of aromatic amines is 1. The van der Waals surface area contributed by atoms with Crippen molar-refractivity contribution in [3.05, 3.63) is 48.3 Å². The first-order valence-electron chi connectivity index (χ1n) is 7.20. The van der Waals surface area contributed by atoms with Crippen molar-refractivity contribution in [3.8, 4) is 0 Å². The van der Waals surface area contributed by atoms with Gasteiger partial charge in [0, 0.05) is 24.2 Å². The van der Waals surface area contributed by atoms with Crippen molar-refractivity contribution in [3.63, 3.8) is 0 Å². The number of fused-ring (bicyclic) bond motifs is 1. The Morgan fingerprint density at radius 1 is 1.33 bits per heavy atom. The predicted octanol–water partition coefficient (Wildman–Crippen LogP) is 3.03. The highest BCUT2D eigenvalue weighted by atomic mass is 16.1. The average molecular weight is 280 g/mol. The average Bonchev–Trinajstić information content (AvgIpc) is 2.98. The van der Waals surface area contributed by atoms with Crippen LogP contribution in [0.15, 0.2) is 42.7 Å². The highest BCUT2D eigenvalue weighted by molar-refractivity contribution is 6.11. The molecule has 1 aliphatic rings. The molecule has 2 aromatic heterocycles. The van der Waals surface area contributed by atoms with Crippen molar-refractivity contribution in [2.75, 3.05) is 5.32 Å². The Bertz CT molecular complexity index is 797. The van der Waals surface area contributed by atoms with E-state index in [1.54, 1.807) is 6.20 Å². The smallest absolute Gasteiger partial charge is 0.258 e. The van der Waals surface area contributed by atoms with E-state index in [0.29, 0.717) is 11.5 Å². The second kappa shape index (κ2) is 4.77. The Morgan fingerprint density at radius 2 is 2.24 bits per heavy atom. The van der Waals surface area contributed by atoms with E-state index in [-0.39, 0.29) is 5.91 Å². The summed E-state index contributed by atoms with van der Waals surface area (Å²) in [5.41, 5.74) is 1.51. The molecule has 0 bridgehead atoms. The molecular weight excluding hydrogens is 264 g/mol. The first kappa shape index (κ1) is 12.2. The van der Waals surface area contributed by atoms with E-state index in [1.165, 1.54) is 12.8 Å². The molecule has 1 fully saturated rings. The summed E-state index contributed by atoms with van der Waals surface area (Å²) in [5, 5.41) is 8.29. The maximum atomic E-state index is 12.5. The Labute approximate surface area is 122 Å². The number of rotatable bonds is 4. The summed E-state index contributed by atoms with van der Waals surface area (Å²) in [5.74, 6) is 1.36. The Morgan fingerprint density at radius 3 is 3.10 bits per heavy atom. The van der Waals surface area contributed by atoms with Crippen molar-refractivity contribution in [1.29, 1.82) is 0 Å². The first-order valence-corrected chi connectivity index (χ1v) is 7.20. The summed E-state index contributed by atoms with van der Waals surface area (Å²) in [6.45, 7) is 0.884. The van der Waals surface area contributed by atoms with E-state index in [9.17, 15) is 4.79 Å².